The van der Waals surface area contributed by atoms with Crippen LogP contribution in [-0.2, 0) is 4.74 Å². The Morgan fingerprint density at radius 3 is 2.60 bits per heavy atom. The van der Waals surface area contributed by atoms with Crippen LogP contribution < -0.4 is 5.32 Å². The average Bonchev–Trinajstić information content (AvgIpc) is 2.46. The Kier molecular flexibility index (Phi) is 4.96. The van der Waals surface area contributed by atoms with Gasteiger partial charge in [-0.15, -0.1) is 0 Å². The van der Waals surface area contributed by atoms with Gasteiger partial charge in [0.2, 0.25) is 0 Å². The summed E-state index contributed by atoms with van der Waals surface area (Å²) in [7, 11) is 0. The summed E-state index contributed by atoms with van der Waals surface area (Å²) in [6, 6.07) is 10.9. The molecule has 0 saturated carbocycles. The molecule has 2 aromatic rings. The summed E-state index contributed by atoms with van der Waals surface area (Å²) < 4.78 is 5.29. The van der Waals surface area contributed by atoms with Crippen LogP contribution >= 0.6 is 0 Å². The summed E-state index contributed by atoms with van der Waals surface area (Å²) in [5.41, 5.74) is 0.291. The maximum atomic E-state index is 12.0. The minimum Gasteiger partial charge on any atom is -0.507 e. The van der Waals surface area contributed by atoms with Gasteiger partial charge in [0, 0.05) is 13.2 Å². The molecule has 0 bridgehead atoms. The molecule has 0 spiro atoms. The highest BCUT2D eigenvalue weighted by Crippen LogP contribution is 2.24. The molecule has 0 aromatic heterocycles. The number of nitrogens with one attached hydrogen (secondary N) is 1. The molecule has 0 unspecified atom stereocenters. The number of ether oxygens (including phenoxy) is 1. The Morgan fingerprint density at radius 1 is 1.20 bits per heavy atom. The molecule has 2 rings (SSSR count). The maximum absolute atomic E-state index is 12.0. The molecule has 0 aliphatic heterocycles. The molecule has 0 fully saturated rings. The number of phenolic OH excluding ortho intramolecular Hbond substituents is 1. The van der Waals surface area contributed by atoms with Gasteiger partial charge in [0.05, 0.1) is 12.2 Å². The molecule has 0 aliphatic carbocycles. The number of amides is 1. The van der Waals surface area contributed by atoms with E-state index in [0.29, 0.717) is 25.3 Å². The van der Waals surface area contributed by atoms with Crippen molar-refractivity contribution >= 4 is 16.7 Å². The first-order chi connectivity index (χ1) is 9.72. The van der Waals surface area contributed by atoms with Crippen molar-refractivity contribution in [1.29, 1.82) is 0 Å². The van der Waals surface area contributed by atoms with Crippen LogP contribution in [-0.4, -0.2) is 30.8 Å². The van der Waals surface area contributed by atoms with Gasteiger partial charge in [-0.2, -0.15) is 0 Å². The van der Waals surface area contributed by atoms with Crippen LogP contribution in [0.5, 0.6) is 5.75 Å². The van der Waals surface area contributed by atoms with Crippen molar-refractivity contribution in [2.45, 2.75) is 13.3 Å². The second kappa shape index (κ2) is 6.91. The molecule has 2 N–H and O–H groups in total. The lowest BCUT2D eigenvalue weighted by molar-refractivity contribution is 0.0913. The van der Waals surface area contributed by atoms with Gasteiger partial charge in [-0.05, 0) is 29.3 Å². The van der Waals surface area contributed by atoms with Gasteiger partial charge in [0.15, 0.2) is 0 Å². The zero-order valence-electron chi connectivity index (χ0n) is 11.6. The highest BCUT2D eigenvalue weighted by atomic mass is 16.5. The molecule has 106 valence electrons. The van der Waals surface area contributed by atoms with Crippen molar-refractivity contribution in [1.82, 2.24) is 5.32 Å². The number of fused-ring (bicyclic) bond motifs is 1. The number of rotatable bonds is 6. The van der Waals surface area contributed by atoms with Crippen LogP contribution in [0.15, 0.2) is 36.4 Å². The first kappa shape index (κ1) is 14.3. The lowest BCUT2D eigenvalue weighted by atomic mass is 10.1. The van der Waals surface area contributed by atoms with E-state index in [1.807, 2.05) is 31.2 Å². The average molecular weight is 273 g/mol. The molecule has 0 saturated heterocycles. The van der Waals surface area contributed by atoms with E-state index in [9.17, 15) is 9.90 Å². The maximum Gasteiger partial charge on any atom is 0.255 e. The van der Waals surface area contributed by atoms with E-state index >= 15 is 0 Å². The Balaban J connectivity index is 2.04. The van der Waals surface area contributed by atoms with E-state index in [-0.39, 0.29) is 11.7 Å². The first-order valence-electron chi connectivity index (χ1n) is 6.80. The second-order valence-electron chi connectivity index (χ2n) is 4.58. The molecule has 0 heterocycles. The molecule has 0 aliphatic rings. The molecule has 20 heavy (non-hydrogen) atoms. The zero-order valence-corrected chi connectivity index (χ0v) is 11.6. The molecule has 0 radical (unpaired) electrons. The van der Waals surface area contributed by atoms with E-state index in [1.54, 1.807) is 12.1 Å². The van der Waals surface area contributed by atoms with E-state index in [1.165, 1.54) is 0 Å². The third-order valence-corrected chi connectivity index (χ3v) is 2.99. The minimum atomic E-state index is -0.284. The number of aromatic hydroxyl groups is 1. The third-order valence-electron chi connectivity index (χ3n) is 2.99. The smallest absolute Gasteiger partial charge is 0.255 e. The number of phenols is 1. The van der Waals surface area contributed by atoms with E-state index in [4.69, 9.17) is 4.74 Å². The van der Waals surface area contributed by atoms with Gasteiger partial charge in [0.25, 0.3) is 5.91 Å². The highest BCUT2D eigenvalue weighted by molar-refractivity contribution is 6.01. The largest absolute Gasteiger partial charge is 0.507 e. The zero-order chi connectivity index (χ0) is 14.4. The van der Waals surface area contributed by atoms with Gasteiger partial charge >= 0.3 is 0 Å². The second-order valence-corrected chi connectivity index (χ2v) is 4.58. The number of hydrogen-bond acceptors (Lipinski definition) is 3. The van der Waals surface area contributed by atoms with Crippen LogP contribution in [0.1, 0.15) is 23.7 Å². The molecule has 2 aromatic carbocycles. The predicted octanol–water partition coefficient (Wildman–Crippen LogP) is 2.70. The van der Waals surface area contributed by atoms with E-state index in [0.717, 1.165) is 17.2 Å². The highest BCUT2D eigenvalue weighted by Gasteiger charge is 2.11. The number of carbonyl (C=O) groups excluding carboxylic acids is 1. The monoisotopic (exact) mass is 273 g/mol. The lowest BCUT2D eigenvalue weighted by Crippen LogP contribution is -2.27. The molecule has 1 amide bonds. The first-order valence-corrected chi connectivity index (χ1v) is 6.80. The van der Waals surface area contributed by atoms with Gasteiger partial charge in [-0.1, -0.05) is 31.2 Å². The predicted molar refractivity (Wildman–Crippen MR) is 79.1 cm³/mol. The van der Waals surface area contributed by atoms with Crippen LogP contribution in [0.25, 0.3) is 10.8 Å². The Labute approximate surface area is 118 Å². The van der Waals surface area contributed by atoms with Gasteiger partial charge in [-0.3, -0.25) is 4.79 Å². The molecular weight excluding hydrogens is 254 g/mol. The summed E-state index contributed by atoms with van der Waals surface area (Å²) >= 11 is 0. The van der Waals surface area contributed by atoms with Crippen molar-refractivity contribution in [3.8, 4) is 5.75 Å². The molecule has 4 heteroatoms. The number of benzene rings is 2. The fraction of sp³-hybridized carbons (Fsp3) is 0.312. The topological polar surface area (TPSA) is 58.6 Å². The Hall–Kier alpha value is -2.07. The van der Waals surface area contributed by atoms with Gasteiger partial charge in [0.1, 0.15) is 5.75 Å². The number of hydrogen-bond donors (Lipinski definition) is 2. The van der Waals surface area contributed by atoms with Crippen molar-refractivity contribution in [2.24, 2.45) is 0 Å². The van der Waals surface area contributed by atoms with Crippen molar-refractivity contribution in [2.75, 3.05) is 19.8 Å². The standard InChI is InChI=1S/C16H19NO3/c1-2-8-20-9-7-17-16(19)14-10-12-5-3-4-6-13(12)11-15(14)18/h3-6,10-11,18H,2,7-9H2,1H3,(H,17,19). The van der Waals surface area contributed by atoms with Gasteiger partial charge in [-0.25, -0.2) is 0 Å². The van der Waals surface area contributed by atoms with E-state index in [2.05, 4.69) is 5.32 Å². The quantitative estimate of drug-likeness (QED) is 0.796. The lowest BCUT2D eigenvalue weighted by Gasteiger charge is -2.08. The molecule has 0 atom stereocenters. The number of carbonyl (C=O) groups is 1. The van der Waals surface area contributed by atoms with Crippen LogP contribution in [0.4, 0.5) is 0 Å². The summed E-state index contributed by atoms with van der Waals surface area (Å²) in [4.78, 5) is 12.0. The van der Waals surface area contributed by atoms with Crippen LogP contribution in [0, 0.1) is 0 Å². The van der Waals surface area contributed by atoms with Crippen LogP contribution in [0.2, 0.25) is 0 Å². The Morgan fingerprint density at radius 2 is 1.90 bits per heavy atom. The fourth-order valence-electron chi connectivity index (χ4n) is 1.99. The third kappa shape index (κ3) is 3.48. The van der Waals surface area contributed by atoms with Crippen molar-refractivity contribution in [3.63, 3.8) is 0 Å². The SMILES string of the molecule is CCCOCCNC(=O)c1cc2ccccc2cc1O. The summed E-state index contributed by atoms with van der Waals surface area (Å²) in [6.07, 6.45) is 0.958. The van der Waals surface area contributed by atoms with E-state index < -0.39 is 0 Å². The fourth-order valence-corrected chi connectivity index (χ4v) is 1.99. The molecular formula is C16H19NO3. The normalized spacial score (nSPS) is 10.7. The van der Waals surface area contributed by atoms with Crippen LogP contribution in [0.3, 0.4) is 0 Å². The minimum absolute atomic E-state index is 0.00400. The summed E-state index contributed by atoms with van der Waals surface area (Å²) in [6.45, 7) is 3.64. The van der Waals surface area contributed by atoms with Crippen molar-refractivity contribution < 1.29 is 14.6 Å². The summed E-state index contributed by atoms with van der Waals surface area (Å²) in [5, 5.41) is 14.5. The van der Waals surface area contributed by atoms with Crippen molar-refractivity contribution in [3.05, 3.63) is 42.0 Å². The Bertz CT molecular complexity index is 595. The van der Waals surface area contributed by atoms with Gasteiger partial charge < -0.3 is 15.2 Å². The molecule has 4 nitrogen and oxygen atoms in total. The summed E-state index contributed by atoms with van der Waals surface area (Å²) in [5.74, 6) is -0.288.